The Bertz CT molecular complexity index is 565. The molecule has 0 saturated carbocycles. The van der Waals surface area contributed by atoms with Crippen LogP contribution in [0, 0.1) is 6.92 Å². The second kappa shape index (κ2) is 6.77. The number of hydrogen-bond acceptors (Lipinski definition) is 4. The van der Waals surface area contributed by atoms with Crippen molar-refractivity contribution in [3.63, 3.8) is 0 Å². The number of benzene rings is 1. The van der Waals surface area contributed by atoms with Crippen LogP contribution < -0.4 is 14.8 Å². The molecule has 0 aliphatic rings. The van der Waals surface area contributed by atoms with E-state index in [0.29, 0.717) is 0 Å². The standard InChI is InChI=1S/C16H21NO2S/c1-5-17-15(16-14(19-4)8-9-20-16)12-6-7-13(18-3)11(2)10-12/h6-10,15,17H,5H2,1-4H3. The van der Waals surface area contributed by atoms with Gasteiger partial charge in [0.1, 0.15) is 11.5 Å². The van der Waals surface area contributed by atoms with Gasteiger partial charge in [0.2, 0.25) is 0 Å². The average molecular weight is 291 g/mol. The zero-order valence-electron chi connectivity index (χ0n) is 12.4. The first kappa shape index (κ1) is 14.9. The van der Waals surface area contributed by atoms with E-state index in [0.717, 1.165) is 23.6 Å². The van der Waals surface area contributed by atoms with E-state index >= 15 is 0 Å². The summed E-state index contributed by atoms with van der Waals surface area (Å²) in [6.45, 7) is 5.08. The second-order valence-electron chi connectivity index (χ2n) is 4.57. The summed E-state index contributed by atoms with van der Waals surface area (Å²) >= 11 is 1.71. The van der Waals surface area contributed by atoms with E-state index in [1.807, 2.05) is 12.1 Å². The lowest BCUT2D eigenvalue weighted by molar-refractivity contribution is 0.407. The van der Waals surface area contributed by atoms with E-state index < -0.39 is 0 Å². The molecule has 1 atom stereocenters. The molecule has 0 aliphatic carbocycles. The van der Waals surface area contributed by atoms with Crippen molar-refractivity contribution in [1.82, 2.24) is 5.32 Å². The Labute approximate surface area is 124 Å². The van der Waals surface area contributed by atoms with E-state index in [1.165, 1.54) is 10.4 Å². The monoisotopic (exact) mass is 291 g/mol. The zero-order valence-corrected chi connectivity index (χ0v) is 13.2. The van der Waals surface area contributed by atoms with Gasteiger partial charge >= 0.3 is 0 Å². The average Bonchev–Trinajstić information content (AvgIpc) is 2.92. The molecule has 0 spiro atoms. The van der Waals surface area contributed by atoms with Crippen molar-refractivity contribution in [2.24, 2.45) is 0 Å². The number of hydrogen-bond donors (Lipinski definition) is 1. The van der Waals surface area contributed by atoms with Crippen molar-refractivity contribution in [3.05, 3.63) is 45.6 Å². The second-order valence-corrected chi connectivity index (χ2v) is 5.52. The van der Waals surface area contributed by atoms with E-state index in [9.17, 15) is 0 Å². The topological polar surface area (TPSA) is 30.5 Å². The maximum absolute atomic E-state index is 5.45. The Morgan fingerprint density at radius 1 is 1.15 bits per heavy atom. The van der Waals surface area contributed by atoms with Gasteiger partial charge in [-0.1, -0.05) is 19.1 Å². The number of ether oxygens (including phenoxy) is 2. The normalized spacial score (nSPS) is 12.2. The van der Waals surface area contributed by atoms with Crippen LogP contribution in [0.15, 0.2) is 29.6 Å². The molecule has 0 aliphatic heterocycles. The van der Waals surface area contributed by atoms with Gasteiger partial charge in [-0.15, -0.1) is 11.3 Å². The van der Waals surface area contributed by atoms with Crippen LogP contribution in [-0.2, 0) is 0 Å². The molecule has 0 amide bonds. The van der Waals surface area contributed by atoms with Gasteiger partial charge < -0.3 is 14.8 Å². The summed E-state index contributed by atoms with van der Waals surface area (Å²) in [6, 6.07) is 8.47. The molecule has 0 saturated heterocycles. The van der Waals surface area contributed by atoms with E-state index in [2.05, 4.69) is 36.7 Å². The molecule has 4 heteroatoms. The van der Waals surface area contributed by atoms with Crippen LogP contribution in [0.5, 0.6) is 11.5 Å². The van der Waals surface area contributed by atoms with Gasteiger partial charge in [0, 0.05) is 0 Å². The molecule has 3 nitrogen and oxygen atoms in total. The van der Waals surface area contributed by atoms with Crippen LogP contribution in [0.25, 0.3) is 0 Å². The SMILES string of the molecule is CCNC(c1ccc(OC)c(C)c1)c1sccc1OC. The number of thiophene rings is 1. The molecule has 1 N–H and O–H groups in total. The highest BCUT2D eigenvalue weighted by molar-refractivity contribution is 7.10. The van der Waals surface area contributed by atoms with Crippen molar-refractivity contribution in [3.8, 4) is 11.5 Å². The molecule has 0 fully saturated rings. The molecule has 0 radical (unpaired) electrons. The fraction of sp³-hybridized carbons (Fsp3) is 0.375. The maximum Gasteiger partial charge on any atom is 0.134 e. The van der Waals surface area contributed by atoms with Gasteiger partial charge in [-0.3, -0.25) is 0 Å². The predicted molar refractivity (Wildman–Crippen MR) is 84.1 cm³/mol. The summed E-state index contributed by atoms with van der Waals surface area (Å²) in [4.78, 5) is 1.21. The molecule has 1 unspecified atom stereocenters. The summed E-state index contributed by atoms with van der Waals surface area (Å²) in [5, 5.41) is 5.59. The maximum atomic E-state index is 5.45. The summed E-state index contributed by atoms with van der Waals surface area (Å²) in [5.41, 5.74) is 2.37. The minimum Gasteiger partial charge on any atom is -0.496 e. The Kier molecular flexibility index (Phi) is 5.04. The summed E-state index contributed by atoms with van der Waals surface area (Å²) in [5.74, 6) is 1.86. The van der Waals surface area contributed by atoms with Crippen molar-refractivity contribution >= 4 is 11.3 Å². The molecule has 108 valence electrons. The Hall–Kier alpha value is -1.52. The zero-order chi connectivity index (χ0) is 14.5. The Balaban J connectivity index is 2.40. The Morgan fingerprint density at radius 3 is 2.50 bits per heavy atom. The van der Waals surface area contributed by atoms with E-state index in [1.54, 1.807) is 25.6 Å². The van der Waals surface area contributed by atoms with Crippen LogP contribution in [0.4, 0.5) is 0 Å². The van der Waals surface area contributed by atoms with Crippen molar-refractivity contribution < 1.29 is 9.47 Å². The van der Waals surface area contributed by atoms with Crippen LogP contribution in [0.3, 0.4) is 0 Å². The van der Waals surface area contributed by atoms with Gasteiger partial charge in [-0.2, -0.15) is 0 Å². The van der Waals surface area contributed by atoms with Gasteiger partial charge in [-0.05, 0) is 42.1 Å². The van der Waals surface area contributed by atoms with Gasteiger partial charge in [-0.25, -0.2) is 0 Å². The third-order valence-electron chi connectivity index (χ3n) is 3.30. The van der Waals surface area contributed by atoms with Gasteiger partial charge in [0.15, 0.2) is 0 Å². The number of rotatable bonds is 6. The third-order valence-corrected chi connectivity index (χ3v) is 4.26. The molecular weight excluding hydrogens is 270 g/mol. The van der Waals surface area contributed by atoms with Crippen LogP contribution in [-0.4, -0.2) is 20.8 Å². The molecular formula is C16H21NO2S. The largest absolute Gasteiger partial charge is 0.496 e. The highest BCUT2D eigenvalue weighted by Crippen LogP contribution is 2.35. The highest BCUT2D eigenvalue weighted by atomic mass is 32.1. The minimum atomic E-state index is 0.152. The van der Waals surface area contributed by atoms with Crippen molar-refractivity contribution in [2.75, 3.05) is 20.8 Å². The first-order valence-corrected chi connectivity index (χ1v) is 7.58. The van der Waals surface area contributed by atoms with E-state index in [-0.39, 0.29) is 6.04 Å². The third kappa shape index (κ3) is 2.97. The number of aryl methyl sites for hydroxylation is 1. The fourth-order valence-corrected chi connectivity index (χ4v) is 3.30. The highest BCUT2D eigenvalue weighted by Gasteiger charge is 2.19. The van der Waals surface area contributed by atoms with Crippen LogP contribution in [0.2, 0.25) is 0 Å². The smallest absolute Gasteiger partial charge is 0.134 e. The lowest BCUT2D eigenvalue weighted by atomic mass is 10.0. The van der Waals surface area contributed by atoms with Crippen molar-refractivity contribution in [1.29, 1.82) is 0 Å². The predicted octanol–water partition coefficient (Wildman–Crippen LogP) is 3.77. The molecule has 0 bridgehead atoms. The molecule has 2 rings (SSSR count). The molecule has 20 heavy (non-hydrogen) atoms. The van der Waals surface area contributed by atoms with Gasteiger partial charge in [0.05, 0.1) is 25.1 Å². The first-order valence-electron chi connectivity index (χ1n) is 6.70. The van der Waals surface area contributed by atoms with Gasteiger partial charge in [0.25, 0.3) is 0 Å². The quantitative estimate of drug-likeness (QED) is 0.878. The summed E-state index contributed by atoms with van der Waals surface area (Å²) < 4.78 is 10.8. The lowest BCUT2D eigenvalue weighted by Gasteiger charge is -2.19. The molecule has 1 aromatic heterocycles. The first-order chi connectivity index (χ1) is 9.71. The molecule has 2 aromatic rings. The lowest BCUT2D eigenvalue weighted by Crippen LogP contribution is -2.21. The van der Waals surface area contributed by atoms with Crippen molar-refractivity contribution in [2.45, 2.75) is 19.9 Å². The molecule has 1 aromatic carbocycles. The minimum absolute atomic E-state index is 0.152. The van der Waals surface area contributed by atoms with Crippen LogP contribution >= 0.6 is 11.3 Å². The molecule has 1 heterocycles. The Morgan fingerprint density at radius 2 is 1.90 bits per heavy atom. The summed E-state index contributed by atoms with van der Waals surface area (Å²) in [6.07, 6.45) is 0. The van der Waals surface area contributed by atoms with E-state index in [4.69, 9.17) is 9.47 Å². The summed E-state index contributed by atoms with van der Waals surface area (Å²) in [7, 11) is 3.42. The van der Waals surface area contributed by atoms with Crippen LogP contribution in [0.1, 0.15) is 29.0 Å². The fourth-order valence-electron chi connectivity index (χ4n) is 2.34. The number of methoxy groups -OCH3 is 2. The number of nitrogens with one attached hydrogen (secondary N) is 1.